The highest BCUT2D eigenvalue weighted by atomic mass is 35.5. The number of hydrogen-bond donors (Lipinski definition) is 1. The summed E-state index contributed by atoms with van der Waals surface area (Å²) < 4.78 is 5.68. The van der Waals surface area contributed by atoms with Crippen molar-refractivity contribution in [2.24, 2.45) is 4.99 Å². The minimum Gasteiger partial charge on any atom is -0.408 e. The predicted octanol–water partition coefficient (Wildman–Crippen LogP) is 4.30. The van der Waals surface area contributed by atoms with Gasteiger partial charge in [-0.3, -0.25) is 4.99 Å². The van der Waals surface area contributed by atoms with Crippen LogP contribution in [0.4, 0.5) is 11.7 Å². The van der Waals surface area contributed by atoms with Crippen molar-refractivity contribution in [1.29, 1.82) is 0 Å². The molecule has 1 N–H and O–H groups in total. The van der Waals surface area contributed by atoms with E-state index in [-0.39, 0.29) is 0 Å². The predicted molar refractivity (Wildman–Crippen MR) is 94.3 cm³/mol. The summed E-state index contributed by atoms with van der Waals surface area (Å²) in [5.74, 6) is 0.557. The third kappa shape index (κ3) is 2.90. The lowest BCUT2D eigenvalue weighted by atomic mass is 10.1. The Balaban J connectivity index is 1.53. The third-order valence-corrected chi connectivity index (χ3v) is 4.31. The van der Waals surface area contributed by atoms with Gasteiger partial charge in [0, 0.05) is 11.8 Å². The molecule has 0 radical (unpaired) electrons. The first-order chi connectivity index (χ1) is 11.7. The Labute approximate surface area is 144 Å². The molecule has 0 bridgehead atoms. The lowest BCUT2D eigenvalue weighted by molar-refractivity contribution is 0.521. The monoisotopic (exact) mass is 338 g/mol. The molecule has 3 aromatic rings. The number of aliphatic imine (C=N–C) groups is 1. The summed E-state index contributed by atoms with van der Waals surface area (Å²) in [6, 6.07) is 12.5. The third-order valence-electron chi connectivity index (χ3n) is 3.90. The van der Waals surface area contributed by atoms with Crippen LogP contribution in [0.3, 0.4) is 0 Å². The van der Waals surface area contributed by atoms with Gasteiger partial charge in [-0.05, 0) is 24.1 Å². The molecule has 24 heavy (non-hydrogen) atoms. The van der Waals surface area contributed by atoms with Gasteiger partial charge in [0.2, 0.25) is 5.89 Å². The van der Waals surface area contributed by atoms with Gasteiger partial charge < -0.3 is 9.73 Å². The van der Waals surface area contributed by atoms with Gasteiger partial charge in [0.05, 0.1) is 23.7 Å². The summed E-state index contributed by atoms with van der Waals surface area (Å²) in [6.07, 6.45) is 2.39. The average molecular weight is 339 g/mol. The Kier molecular flexibility index (Phi) is 3.78. The first kappa shape index (κ1) is 14.9. The van der Waals surface area contributed by atoms with E-state index in [4.69, 9.17) is 16.0 Å². The second-order valence-corrected chi connectivity index (χ2v) is 6.14. The molecule has 0 saturated carbocycles. The molecule has 4 rings (SSSR count). The van der Waals surface area contributed by atoms with E-state index < -0.39 is 0 Å². The molecule has 6 heteroatoms. The summed E-state index contributed by atoms with van der Waals surface area (Å²) >= 11 is 6.41. The van der Waals surface area contributed by atoms with Gasteiger partial charge in [-0.25, -0.2) is 0 Å². The lowest BCUT2D eigenvalue weighted by Crippen LogP contribution is -1.95. The molecule has 0 atom stereocenters. The SMILES string of the molecule is Cc1cccc(Cc2nnc(Nc3ccc4c(c3Cl)C=NC4)o2)c1. The van der Waals surface area contributed by atoms with Crippen LogP contribution in [-0.4, -0.2) is 16.4 Å². The van der Waals surface area contributed by atoms with Gasteiger partial charge in [0.1, 0.15) is 0 Å². The van der Waals surface area contributed by atoms with Crippen molar-refractivity contribution in [3.63, 3.8) is 0 Å². The summed E-state index contributed by atoms with van der Waals surface area (Å²) in [5, 5.41) is 11.8. The van der Waals surface area contributed by atoms with Gasteiger partial charge >= 0.3 is 6.01 Å². The van der Waals surface area contributed by atoms with Crippen LogP contribution in [0.15, 0.2) is 45.8 Å². The number of aryl methyl sites for hydroxylation is 1. The maximum atomic E-state index is 6.41. The molecule has 1 aromatic heterocycles. The van der Waals surface area contributed by atoms with E-state index in [9.17, 15) is 0 Å². The van der Waals surface area contributed by atoms with Crippen LogP contribution < -0.4 is 5.32 Å². The van der Waals surface area contributed by atoms with E-state index in [1.54, 1.807) is 6.21 Å². The Bertz CT molecular complexity index is 933. The van der Waals surface area contributed by atoms with Gasteiger partial charge in [0.25, 0.3) is 0 Å². The average Bonchev–Trinajstić information content (AvgIpc) is 3.20. The number of hydrogen-bond acceptors (Lipinski definition) is 5. The molecule has 1 aliphatic heterocycles. The summed E-state index contributed by atoms with van der Waals surface area (Å²) in [7, 11) is 0. The minimum atomic E-state index is 0.328. The Hall–Kier alpha value is -2.66. The number of nitrogens with one attached hydrogen (secondary N) is 1. The Morgan fingerprint density at radius 2 is 2.12 bits per heavy atom. The van der Waals surface area contributed by atoms with Crippen molar-refractivity contribution >= 4 is 29.5 Å². The Morgan fingerprint density at radius 3 is 3.00 bits per heavy atom. The molecule has 0 amide bonds. The zero-order valence-electron chi connectivity index (χ0n) is 13.1. The van der Waals surface area contributed by atoms with Gasteiger partial charge in [-0.2, -0.15) is 0 Å². The van der Waals surface area contributed by atoms with Crippen molar-refractivity contribution in [3.8, 4) is 0 Å². The first-order valence-corrected chi connectivity index (χ1v) is 8.03. The zero-order chi connectivity index (χ0) is 16.5. The number of rotatable bonds is 4. The highest BCUT2D eigenvalue weighted by Crippen LogP contribution is 2.32. The Morgan fingerprint density at radius 1 is 1.21 bits per heavy atom. The molecule has 0 aliphatic carbocycles. The minimum absolute atomic E-state index is 0.328. The second-order valence-electron chi connectivity index (χ2n) is 5.76. The van der Waals surface area contributed by atoms with Crippen LogP contribution in [0.5, 0.6) is 0 Å². The van der Waals surface area contributed by atoms with E-state index in [0.717, 1.165) is 22.4 Å². The normalized spacial score (nSPS) is 12.4. The molecule has 0 fully saturated rings. The molecule has 0 saturated heterocycles. The van der Waals surface area contributed by atoms with E-state index in [1.165, 1.54) is 5.56 Å². The fourth-order valence-corrected chi connectivity index (χ4v) is 3.01. The number of benzene rings is 2. The van der Waals surface area contributed by atoms with E-state index in [1.807, 2.05) is 24.3 Å². The molecule has 1 aliphatic rings. The quantitative estimate of drug-likeness (QED) is 0.770. The topological polar surface area (TPSA) is 63.3 Å². The molecule has 2 aromatic carbocycles. The fourth-order valence-electron chi connectivity index (χ4n) is 2.73. The number of halogens is 1. The van der Waals surface area contributed by atoms with E-state index in [2.05, 4.69) is 39.6 Å². The standard InChI is InChI=1S/C18H15ClN4O/c1-11-3-2-4-12(7-11)8-16-22-23-18(24-16)21-15-6-5-13-9-20-10-14(13)17(15)19/h2-7,10H,8-9H2,1H3,(H,21,23). The maximum absolute atomic E-state index is 6.41. The van der Waals surface area contributed by atoms with Gasteiger partial charge in [0.15, 0.2) is 0 Å². The smallest absolute Gasteiger partial charge is 0.320 e. The number of anilines is 2. The summed E-state index contributed by atoms with van der Waals surface area (Å²) in [6.45, 7) is 2.74. The molecular formula is C18H15ClN4O. The summed E-state index contributed by atoms with van der Waals surface area (Å²) in [5.41, 5.74) is 5.14. The zero-order valence-corrected chi connectivity index (χ0v) is 13.8. The van der Waals surface area contributed by atoms with Crippen molar-refractivity contribution in [2.45, 2.75) is 19.9 Å². The molecular weight excluding hydrogens is 324 g/mol. The van der Waals surface area contributed by atoms with Crippen LogP contribution in [0.1, 0.15) is 28.1 Å². The largest absolute Gasteiger partial charge is 0.408 e. The van der Waals surface area contributed by atoms with Crippen LogP contribution in [0, 0.1) is 6.92 Å². The van der Waals surface area contributed by atoms with Crippen LogP contribution >= 0.6 is 11.6 Å². The molecule has 0 spiro atoms. The molecule has 0 unspecified atom stereocenters. The highest BCUT2D eigenvalue weighted by molar-refractivity contribution is 6.36. The fraction of sp³-hybridized carbons (Fsp3) is 0.167. The van der Waals surface area contributed by atoms with Crippen molar-refractivity contribution < 1.29 is 4.42 Å². The molecule has 120 valence electrons. The number of aromatic nitrogens is 2. The number of fused-ring (bicyclic) bond motifs is 1. The van der Waals surface area contributed by atoms with Crippen molar-refractivity contribution in [3.05, 3.63) is 69.6 Å². The summed E-state index contributed by atoms with van der Waals surface area (Å²) in [4.78, 5) is 4.23. The van der Waals surface area contributed by atoms with Gasteiger partial charge in [-0.1, -0.05) is 52.6 Å². The van der Waals surface area contributed by atoms with Crippen molar-refractivity contribution in [1.82, 2.24) is 10.2 Å². The van der Waals surface area contributed by atoms with Crippen LogP contribution in [0.2, 0.25) is 5.02 Å². The van der Waals surface area contributed by atoms with E-state index in [0.29, 0.717) is 29.9 Å². The van der Waals surface area contributed by atoms with Crippen LogP contribution in [0.25, 0.3) is 0 Å². The van der Waals surface area contributed by atoms with Crippen LogP contribution in [-0.2, 0) is 13.0 Å². The lowest BCUT2D eigenvalue weighted by Gasteiger charge is -2.07. The van der Waals surface area contributed by atoms with Crippen molar-refractivity contribution in [2.75, 3.05) is 5.32 Å². The van der Waals surface area contributed by atoms with Gasteiger partial charge in [-0.15, -0.1) is 5.10 Å². The highest BCUT2D eigenvalue weighted by Gasteiger charge is 2.15. The maximum Gasteiger partial charge on any atom is 0.320 e. The molecule has 5 nitrogen and oxygen atoms in total. The molecule has 2 heterocycles. The number of nitrogens with zero attached hydrogens (tertiary/aromatic N) is 3. The first-order valence-electron chi connectivity index (χ1n) is 7.65. The second kappa shape index (κ2) is 6.09. The van der Waals surface area contributed by atoms with E-state index >= 15 is 0 Å².